The van der Waals surface area contributed by atoms with E-state index in [-0.39, 0.29) is 12.0 Å². The summed E-state index contributed by atoms with van der Waals surface area (Å²) in [7, 11) is 0. The van der Waals surface area contributed by atoms with E-state index in [1.807, 2.05) is 20.8 Å². The van der Waals surface area contributed by atoms with Crippen LogP contribution in [0.2, 0.25) is 0 Å². The van der Waals surface area contributed by atoms with Crippen LogP contribution in [0.25, 0.3) is 0 Å². The number of aliphatic hydroxyl groups is 1. The van der Waals surface area contributed by atoms with Crippen LogP contribution < -0.4 is 5.32 Å². The number of carbonyl (C=O) groups excluding carboxylic acids is 1. The standard InChI is InChI=1S/C10H19NO3/c1-10(2,3)14-9(13)11-6-7-4-5-8(7)12/h7-8,12H,4-6H2,1-3H3,(H,11,13)/t7-,8-/m1/s1. The number of rotatable bonds is 2. The molecular weight excluding hydrogens is 182 g/mol. The first-order valence-electron chi connectivity index (χ1n) is 5.03. The van der Waals surface area contributed by atoms with Crippen LogP contribution in [-0.4, -0.2) is 29.4 Å². The third-order valence-corrected chi connectivity index (χ3v) is 2.28. The quantitative estimate of drug-likeness (QED) is 0.707. The lowest BCUT2D eigenvalue weighted by atomic mass is 9.82. The van der Waals surface area contributed by atoms with Crippen LogP contribution in [0, 0.1) is 5.92 Å². The summed E-state index contributed by atoms with van der Waals surface area (Å²) in [5, 5.41) is 11.9. The summed E-state index contributed by atoms with van der Waals surface area (Å²) >= 11 is 0. The SMILES string of the molecule is CC(C)(C)OC(=O)NC[C@H]1CC[C@H]1O. The third kappa shape index (κ3) is 3.54. The van der Waals surface area contributed by atoms with Crippen molar-refractivity contribution in [2.75, 3.05) is 6.54 Å². The predicted octanol–water partition coefficient (Wildman–Crippen LogP) is 1.28. The second-order valence-corrected chi connectivity index (χ2v) is 4.79. The highest BCUT2D eigenvalue weighted by Gasteiger charge is 2.29. The fourth-order valence-electron chi connectivity index (χ4n) is 1.32. The van der Waals surface area contributed by atoms with Gasteiger partial charge in [0.2, 0.25) is 0 Å². The van der Waals surface area contributed by atoms with Gasteiger partial charge in [-0.25, -0.2) is 4.79 Å². The van der Waals surface area contributed by atoms with E-state index in [1.165, 1.54) is 0 Å². The van der Waals surface area contributed by atoms with Gasteiger partial charge in [0, 0.05) is 12.5 Å². The minimum Gasteiger partial charge on any atom is -0.444 e. The van der Waals surface area contributed by atoms with E-state index in [0.717, 1.165) is 12.8 Å². The lowest BCUT2D eigenvalue weighted by Gasteiger charge is -2.32. The molecule has 14 heavy (non-hydrogen) atoms. The number of hydrogen-bond acceptors (Lipinski definition) is 3. The fraction of sp³-hybridized carbons (Fsp3) is 0.900. The Labute approximate surface area is 84.6 Å². The average Bonchev–Trinajstić information content (AvgIpc) is 1.98. The van der Waals surface area contributed by atoms with Gasteiger partial charge in [0.15, 0.2) is 0 Å². The van der Waals surface area contributed by atoms with Crippen LogP contribution in [0.15, 0.2) is 0 Å². The highest BCUT2D eigenvalue weighted by molar-refractivity contribution is 5.67. The van der Waals surface area contributed by atoms with Crippen LogP contribution in [0.5, 0.6) is 0 Å². The van der Waals surface area contributed by atoms with E-state index in [1.54, 1.807) is 0 Å². The molecule has 82 valence electrons. The van der Waals surface area contributed by atoms with Gasteiger partial charge in [0.25, 0.3) is 0 Å². The van der Waals surface area contributed by atoms with Crippen molar-refractivity contribution in [3.63, 3.8) is 0 Å². The Bertz CT molecular complexity index is 210. The molecule has 1 rings (SSSR count). The topological polar surface area (TPSA) is 58.6 Å². The first-order chi connectivity index (χ1) is 6.38. The number of amides is 1. The van der Waals surface area contributed by atoms with Gasteiger partial charge >= 0.3 is 6.09 Å². The van der Waals surface area contributed by atoms with Crippen molar-refractivity contribution in [3.8, 4) is 0 Å². The van der Waals surface area contributed by atoms with Crippen LogP contribution in [-0.2, 0) is 4.74 Å². The van der Waals surface area contributed by atoms with Crippen LogP contribution >= 0.6 is 0 Å². The Balaban J connectivity index is 2.15. The average molecular weight is 201 g/mol. The number of aliphatic hydroxyl groups excluding tert-OH is 1. The van der Waals surface area contributed by atoms with Gasteiger partial charge in [-0.05, 0) is 33.6 Å². The van der Waals surface area contributed by atoms with Gasteiger partial charge in [-0.15, -0.1) is 0 Å². The maximum Gasteiger partial charge on any atom is 0.407 e. The molecule has 2 N–H and O–H groups in total. The van der Waals surface area contributed by atoms with E-state index >= 15 is 0 Å². The molecule has 1 saturated carbocycles. The molecule has 0 spiro atoms. The van der Waals surface area contributed by atoms with Crippen molar-refractivity contribution in [3.05, 3.63) is 0 Å². The van der Waals surface area contributed by atoms with Gasteiger partial charge < -0.3 is 15.2 Å². The second-order valence-electron chi connectivity index (χ2n) is 4.79. The lowest BCUT2D eigenvalue weighted by molar-refractivity contribution is 0.0183. The zero-order valence-corrected chi connectivity index (χ0v) is 9.04. The molecule has 0 aromatic carbocycles. The Hall–Kier alpha value is -0.770. The maximum absolute atomic E-state index is 11.2. The van der Waals surface area contributed by atoms with Gasteiger partial charge in [-0.1, -0.05) is 0 Å². The van der Waals surface area contributed by atoms with Gasteiger partial charge in [0.05, 0.1) is 6.10 Å². The van der Waals surface area contributed by atoms with Crippen molar-refractivity contribution in [2.45, 2.75) is 45.3 Å². The Morgan fingerprint density at radius 3 is 2.50 bits per heavy atom. The maximum atomic E-state index is 11.2. The number of nitrogens with one attached hydrogen (secondary N) is 1. The van der Waals surface area contributed by atoms with Crippen molar-refractivity contribution in [1.29, 1.82) is 0 Å². The molecule has 0 unspecified atom stereocenters. The normalized spacial score (nSPS) is 26.6. The van der Waals surface area contributed by atoms with Crippen LogP contribution in [0.3, 0.4) is 0 Å². The number of ether oxygens (including phenoxy) is 1. The molecule has 0 bridgehead atoms. The Kier molecular flexibility index (Phi) is 3.37. The van der Waals surface area contributed by atoms with Crippen molar-refractivity contribution in [2.24, 2.45) is 5.92 Å². The molecule has 0 aliphatic heterocycles. The van der Waals surface area contributed by atoms with Gasteiger partial charge in [-0.2, -0.15) is 0 Å². The highest BCUT2D eigenvalue weighted by atomic mass is 16.6. The molecule has 0 radical (unpaired) electrons. The lowest BCUT2D eigenvalue weighted by Crippen LogP contribution is -2.42. The molecule has 4 heteroatoms. The zero-order chi connectivity index (χ0) is 10.8. The number of carbonyl (C=O) groups is 1. The predicted molar refractivity (Wildman–Crippen MR) is 53.0 cm³/mol. The fourth-order valence-corrected chi connectivity index (χ4v) is 1.32. The largest absolute Gasteiger partial charge is 0.444 e. The van der Waals surface area contributed by atoms with Crippen molar-refractivity contribution in [1.82, 2.24) is 5.32 Å². The van der Waals surface area contributed by atoms with E-state index in [0.29, 0.717) is 6.54 Å². The smallest absolute Gasteiger partial charge is 0.407 e. The summed E-state index contributed by atoms with van der Waals surface area (Å²) in [4.78, 5) is 11.2. The first-order valence-corrected chi connectivity index (χ1v) is 5.03. The molecule has 0 saturated heterocycles. The Morgan fingerprint density at radius 2 is 2.14 bits per heavy atom. The third-order valence-electron chi connectivity index (χ3n) is 2.28. The molecule has 1 aliphatic carbocycles. The van der Waals surface area contributed by atoms with E-state index in [2.05, 4.69) is 5.32 Å². The van der Waals surface area contributed by atoms with Crippen molar-refractivity contribution < 1.29 is 14.6 Å². The van der Waals surface area contributed by atoms with E-state index in [4.69, 9.17) is 4.74 Å². The summed E-state index contributed by atoms with van der Waals surface area (Å²) in [6.45, 7) is 5.98. The minimum atomic E-state index is -0.456. The molecule has 0 heterocycles. The zero-order valence-electron chi connectivity index (χ0n) is 9.04. The van der Waals surface area contributed by atoms with E-state index < -0.39 is 11.7 Å². The summed E-state index contributed by atoms with van der Waals surface area (Å²) in [6.07, 6.45) is 1.18. The summed E-state index contributed by atoms with van der Waals surface area (Å²) < 4.78 is 5.06. The molecule has 1 fully saturated rings. The van der Waals surface area contributed by atoms with Crippen molar-refractivity contribution >= 4 is 6.09 Å². The van der Waals surface area contributed by atoms with Gasteiger partial charge in [-0.3, -0.25) is 0 Å². The molecule has 0 aromatic rings. The molecule has 1 aliphatic rings. The molecule has 4 nitrogen and oxygen atoms in total. The monoisotopic (exact) mass is 201 g/mol. The number of alkyl carbamates (subject to hydrolysis) is 1. The second kappa shape index (κ2) is 4.17. The molecular formula is C10H19NO3. The van der Waals surface area contributed by atoms with Gasteiger partial charge in [0.1, 0.15) is 5.60 Å². The number of hydrogen-bond donors (Lipinski definition) is 2. The molecule has 2 atom stereocenters. The highest BCUT2D eigenvalue weighted by Crippen LogP contribution is 2.26. The molecule has 0 aromatic heterocycles. The Morgan fingerprint density at radius 1 is 1.50 bits per heavy atom. The summed E-state index contributed by atoms with van der Waals surface area (Å²) in [5.74, 6) is 0.211. The summed E-state index contributed by atoms with van der Waals surface area (Å²) in [5.41, 5.74) is -0.456. The minimum absolute atomic E-state index is 0.211. The van der Waals surface area contributed by atoms with E-state index in [9.17, 15) is 9.90 Å². The van der Waals surface area contributed by atoms with Crippen LogP contribution in [0.4, 0.5) is 4.79 Å². The van der Waals surface area contributed by atoms with Crippen LogP contribution in [0.1, 0.15) is 33.6 Å². The summed E-state index contributed by atoms with van der Waals surface area (Å²) in [6, 6.07) is 0. The first kappa shape index (κ1) is 11.3. The molecule has 1 amide bonds.